The first-order chi connectivity index (χ1) is 14.1. The second-order valence-corrected chi connectivity index (χ2v) is 8.21. The summed E-state index contributed by atoms with van der Waals surface area (Å²) in [6.45, 7) is 2.48. The van der Waals surface area contributed by atoms with Crippen molar-refractivity contribution in [3.63, 3.8) is 0 Å². The standard InChI is InChI=1S/C22H28N4O2S/c23-21(27)17-10-11-20(26-13-5-2-6-14-26)19(16-17)25-22(28)24-12-7-15-29-18-8-3-1-4-9-18/h1,3-4,8-11,16H,2,5-7,12-15H2,(H2,23,27)(H2,24,25,28). The highest BCUT2D eigenvalue weighted by atomic mass is 32.2. The topological polar surface area (TPSA) is 87.5 Å². The molecular formula is C22H28N4O2S. The van der Waals surface area contributed by atoms with Gasteiger partial charge in [0.1, 0.15) is 0 Å². The van der Waals surface area contributed by atoms with Crippen LogP contribution in [-0.4, -0.2) is 37.3 Å². The van der Waals surface area contributed by atoms with Crippen LogP contribution >= 0.6 is 11.8 Å². The largest absolute Gasteiger partial charge is 0.370 e. The van der Waals surface area contributed by atoms with Gasteiger partial charge in [0.05, 0.1) is 11.4 Å². The summed E-state index contributed by atoms with van der Waals surface area (Å²) in [7, 11) is 0. The Bertz CT molecular complexity index is 823. The predicted octanol–water partition coefficient (Wildman–Crippen LogP) is 4.08. The Morgan fingerprint density at radius 1 is 1.03 bits per heavy atom. The van der Waals surface area contributed by atoms with Crippen LogP contribution in [0.2, 0.25) is 0 Å². The number of nitrogens with zero attached hydrogens (tertiary/aromatic N) is 1. The fourth-order valence-corrected chi connectivity index (χ4v) is 4.22. The summed E-state index contributed by atoms with van der Waals surface area (Å²) in [6, 6.07) is 15.2. The van der Waals surface area contributed by atoms with Gasteiger partial charge in [-0.1, -0.05) is 18.2 Å². The Morgan fingerprint density at radius 2 is 1.79 bits per heavy atom. The van der Waals surface area contributed by atoms with E-state index in [0.29, 0.717) is 17.8 Å². The maximum atomic E-state index is 12.4. The lowest BCUT2D eigenvalue weighted by atomic mass is 10.1. The molecule has 6 nitrogen and oxygen atoms in total. The SMILES string of the molecule is NC(=O)c1ccc(N2CCCCC2)c(NC(=O)NCCCSc2ccccc2)c1. The van der Waals surface area contributed by atoms with Crippen LogP contribution in [0, 0.1) is 0 Å². The van der Waals surface area contributed by atoms with Crippen LogP contribution in [0.5, 0.6) is 0 Å². The molecule has 2 aromatic carbocycles. The van der Waals surface area contributed by atoms with Crippen molar-refractivity contribution in [2.24, 2.45) is 5.73 Å². The molecule has 154 valence electrons. The number of rotatable bonds is 8. The molecule has 3 rings (SSSR count). The number of benzene rings is 2. The number of urea groups is 1. The van der Waals surface area contributed by atoms with Gasteiger partial charge in [-0.25, -0.2) is 4.79 Å². The normalized spacial score (nSPS) is 13.7. The quantitative estimate of drug-likeness (QED) is 0.450. The van der Waals surface area contributed by atoms with Crippen LogP contribution in [-0.2, 0) is 0 Å². The van der Waals surface area contributed by atoms with E-state index >= 15 is 0 Å². The monoisotopic (exact) mass is 412 g/mol. The third-order valence-electron chi connectivity index (χ3n) is 4.84. The van der Waals surface area contributed by atoms with E-state index in [2.05, 4.69) is 27.7 Å². The second kappa shape index (κ2) is 10.8. The van der Waals surface area contributed by atoms with Crippen molar-refractivity contribution < 1.29 is 9.59 Å². The van der Waals surface area contributed by atoms with Gasteiger partial charge in [-0.15, -0.1) is 11.8 Å². The van der Waals surface area contributed by atoms with E-state index in [9.17, 15) is 9.59 Å². The number of amides is 3. The molecule has 0 saturated carbocycles. The number of primary amides is 1. The molecule has 2 aromatic rings. The molecule has 0 bridgehead atoms. The van der Waals surface area contributed by atoms with E-state index in [-0.39, 0.29) is 6.03 Å². The van der Waals surface area contributed by atoms with Crippen molar-refractivity contribution >= 4 is 35.1 Å². The van der Waals surface area contributed by atoms with Gasteiger partial charge < -0.3 is 21.3 Å². The van der Waals surface area contributed by atoms with Gasteiger partial charge in [-0.2, -0.15) is 0 Å². The Morgan fingerprint density at radius 3 is 2.52 bits per heavy atom. The van der Waals surface area contributed by atoms with Gasteiger partial charge in [0.15, 0.2) is 0 Å². The second-order valence-electron chi connectivity index (χ2n) is 7.04. The average molecular weight is 413 g/mol. The maximum absolute atomic E-state index is 12.4. The summed E-state index contributed by atoms with van der Waals surface area (Å²) >= 11 is 1.77. The maximum Gasteiger partial charge on any atom is 0.319 e. The Labute approximate surface area is 176 Å². The van der Waals surface area contributed by atoms with E-state index in [1.54, 1.807) is 23.9 Å². The van der Waals surface area contributed by atoms with Crippen LogP contribution < -0.4 is 21.3 Å². The smallest absolute Gasteiger partial charge is 0.319 e. The van der Waals surface area contributed by atoms with Crippen molar-refractivity contribution in [1.82, 2.24) is 5.32 Å². The number of thioether (sulfide) groups is 1. The lowest BCUT2D eigenvalue weighted by molar-refractivity contribution is 0.100. The van der Waals surface area contributed by atoms with Crippen LogP contribution in [0.15, 0.2) is 53.4 Å². The number of hydrogen-bond donors (Lipinski definition) is 3. The third kappa shape index (κ3) is 6.42. The van der Waals surface area contributed by atoms with E-state index in [1.807, 2.05) is 24.3 Å². The molecular weight excluding hydrogens is 384 g/mol. The minimum atomic E-state index is -0.503. The highest BCUT2D eigenvalue weighted by Crippen LogP contribution is 2.29. The third-order valence-corrected chi connectivity index (χ3v) is 5.94. The highest BCUT2D eigenvalue weighted by Gasteiger charge is 2.17. The number of nitrogens with one attached hydrogen (secondary N) is 2. The average Bonchev–Trinajstić information content (AvgIpc) is 2.75. The number of piperidine rings is 1. The van der Waals surface area contributed by atoms with Crippen molar-refractivity contribution in [3.05, 3.63) is 54.1 Å². The van der Waals surface area contributed by atoms with Crippen LogP contribution in [0.3, 0.4) is 0 Å². The van der Waals surface area contributed by atoms with Crippen LogP contribution in [0.1, 0.15) is 36.0 Å². The molecule has 1 aliphatic heterocycles. The van der Waals surface area contributed by atoms with Gasteiger partial charge >= 0.3 is 6.03 Å². The zero-order chi connectivity index (χ0) is 20.5. The molecule has 0 aromatic heterocycles. The number of carbonyl (C=O) groups is 2. The van der Waals surface area contributed by atoms with Crippen molar-refractivity contribution in [3.8, 4) is 0 Å². The first kappa shape index (κ1) is 21.0. The van der Waals surface area contributed by atoms with Gasteiger partial charge in [-0.05, 0) is 61.8 Å². The van der Waals surface area contributed by atoms with Gasteiger partial charge in [0.2, 0.25) is 5.91 Å². The van der Waals surface area contributed by atoms with E-state index in [1.165, 1.54) is 11.3 Å². The van der Waals surface area contributed by atoms with Crippen LogP contribution in [0.25, 0.3) is 0 Å². The van der Waals surface area contributed by atoms with Gasteiger partial charge in [-0.3, -0.25) is 4.79 Å². The number of carbonyl (C=O) groups excluding carboxylic acids is 2. The summed E-state index contributed by atoms with van der Waals surface area (Å²) in [5, 5.41) is 5.80. The summed E-state index contributed by atoms with van der Waals surface area (Å²) in [4.78, 5) is 27.4. The van der Waals surface area contributed by atoms with Crippen molar-refractivity contribution in [2.45, 2.75) is 30.6 Å². The zero-order valence-electron chi connectivity index (χ0n) is 16.5. The van der Waals surface area contributed by atoms with Crippen molar-refractivity contribution in [1.29, 1.82) is 0 Å². The molecule has 0 unspecified atom stereocenters. The molecule has 0 spiro atoms. The molecule has 4 N–H and O–H groups in total. The molecule has 0 aliphatic carbocycles. The fraction of sp³-hybridized carbons (Fsp3) is 0.364. The van der Waals surface area contributed by atoms with E-state index < -0.39 is 5.91 Å². The Balaban J connectivity index is 1.53. The van der Waals surface area contributed by atoms with Crippen molar-refractivity contribution in [2.75, 3.05) is 35.6 Å². The lowest BCUT2D eigenvalue weighted by Gasteiger charge is -2.30. The molecule has 7 heteroatoms. The summed E-state index contributed by atoms with van der Waals surface area (Å²) < 4.78 is 0. The van der Waals surface area contributed by atoms with Crippen LogP contribution in [0.4, 0.5) is 16.2 Å². The molecule has 0 radical (unpaired) electrons. The summed E-state index contributed by atoms with van der Waals surface area (Å²) in [5.74, 6) is 0.428. The number of nitrogens with two attached hydrogens (primary N) is 1. The highest BCUT2D eigenvalue weighted by molar-refractivity contribution is 7.99. The molecule has 3 amide bonds. The molecule has 1 heterocycles. The Hall–Kier alpha value is -2.67. The summed E-state index contributed by atoms with van der Waals surface area (Å²) in [6.07, 6.45) is 4.35. The summed E-state index contributed by atoms with van der Waals surface area (Å²) in [5.41, 5.74) is 7.37. The molecule has 29 heavy (non-hydrogen) atoms. The number of anilines is 2. The first-order valence-corrected chi connectivity index (χ1v) is 11.0. The molecule has 1 aliphatic rings. The van der Waals surface area contributed by atoms with E-state index in [0.717, 1.165) is 43.8 Å². The molecule has 1 fully saturated rings. The minimum absolute atomic E-state index is 0.269. The fourth-order valence-electron chi connectivity index (χ4n) is 3.35. The number of hydrogen-bond acceptors (Lipinski definition) is 4. The minimum Gasteiger partial charge on any atom is -0.370 e. The lowest BCUT2D eigenvalue weighted by Crippen LogP contribution is -2.33. The Kier molecular flexibility index (Phi) is 7.81. The first-order valence-electron chi connectivity index (χ1n) is 10.0. The molecule has 0 atom stereocenters. The van der Waals surface area contributed by atoms with E-state index in [4.69, 9.17) is 5.73 Å². The molecule has 1 saturated heterocycles. The van der Waals surface area contributed by atoms with Gasteiger partial charge in [0.25, 0.3) is 0 Å². The van der Waals surface area contributed by atoms with Gasteiger partial charge in [0, 0.05) is 30.1 Å². The predicted molar refractivity (Wildman–Crippen MR) is 120 cm³/mol. The zero-order valence-corrected chi connectivity index (χ0v) is 17.3.